The van der Waals surface area contributed by atoms with Gasteiger partial charge < -0.3 is 15.4 Å². The SMILES string of the molecule is CCNC(=NCC(C)(C)OC)NCC1CN2CCN1CC2.I. The van der Waals surface area contributed by atoms with Gasteiger partial charge in [-0.3, -0.25) is 14.8 Å². The number of aliphatic imine (C=N–C) groups is 1. The molecule has 130 valence electrons. The van der Waals surface area contributed by atoms with Gasteiger partial charge in [0.2, 0.25) is 0 Å². The second-order valence-corrected chi connectivity index (χ2v) is 6.53. The molecule has 0 spiro atoms. The molecular formula is C15H32IN5O. The van der Waals surface area contributed by atoms with Gasteiger partial charge in [-0.25, -0.2) is 0 Å². The Bertz CT molecular complexity index is 356. The number of methoxy groups -OCH3 is 1. The Morgan fingerprint density at radius 2 is 1.91 bits per heavy atom. The number of guanidine groups is 1. The molecule has 3 heterocycles. The lowest BCUT2D eigenvalue weighted by atomic mass is 10.1. The number of rotatable bonds is 6. The van der Waals surface area contributed by atoms with E-state index in [9.17, 15) is 0 Å². The van der Waals surface area contributed by atoms with Crippen LogP contribution in [-0.4, -0.2) is 86.9 Å². The molecule has 0 radical (unpaired) electrons. The Morgan fingerprint density at radius 3 is 2.41 bits per heavy atom. The van der Waals surface area contributed by atoms with Crippen molar-refractivity contribution in [1.82, 2.24) is 20.4 Å². The molecule has 0 aromatic carbocycles. The first kappa shape index (κ1) is 19.9. The summed E-state index contributed by atoms with van der Waals surface area (Å²) in [6.07, 6.45) is 0. The van der Waals surface area contributed by atoms with E-state index >= 15 is 0 Å². The van der Waals surface area contributed by atoms with Gasteiger partial charge in [-0.1, -0.05) is 0 Å². The van der Waals surface area contributed by atoms with Crippen LogP contribution < -0.4 is 10.6 Å². The van der Waals surface area contributed by atoms with Gasteiger partial charge in [-0.2, -0.15) is 0 Å². The van der Waals surface area contributed by atoms with Crippen LogP contribution in [0.5, 0.6) is 0 Å². The number of ether oxygens (including phenoxy) is 1. The number of halogens is 1. The highest BCUT2D eigenvalue weighted by Crippen LogP contribution is 2.14. The number of nitrogens with one attached hydrogen (secondary N) is 2. The molecule has 7 heteroatoms. The standard InChI is InChI=1S/C15H31N5O.HI/c1-5-16-14(18-12-15(2,3)21-4)17-10-13-11-19-6-8-20(13)9-7-19;/h13H,5-12H2,1-4H3,(H2,16,17,18);1H. The average Bonchev–Trinajstić information content (AvgIpc) is 2.51. The topological polar surface area (TPSA) is 52.1 Å². The van der Waals surface area contributed by atoms with Crippen LogP contribution in [0.1, 0.15) is 20.8 Å². The van der Waals surface area contributed by atoms with Crippen molar-refractivity contribution >= 4 is 29.9 Å². The highest BCUT2D eigenvalue weighted by molar-refractivity contribution is 14.0. The molecule has 0 aliphatic carbocycles. The summed E-state index contributed by atoms with van der Waals surface area (Å²) in [4.78, 5) is 9.79. The quantitative estimate of drug-likeness (QED) is 0.371. The molecule has 0 amide bonds. The fourth-order valence-electron chi connectivity index (χ4n) is 2.81. The van der Waals surface area contributed by atoms with Crippen molar-refractivity contribution in [3.05, 3.63) is 0 Å². The number of piperazine rings is 3. The van der Waals surface area contributed by atoms with E-state index in [-0.39, 0.29) is 29.6 Å². The normalized spacial score (nSPS) is 28.2. The molecule has 22 heavy (non-hydrogen) atoms. The zero-order chi connectivity index (χ0) is 15.3. The van der Waals surface area contributed by atoms with E-state index < -0.39 is 0 Å². The van der Waals surface area contributed by atoms with Crippen LogP contribution in [0, 0.1) is 0 Å². The number of nitrogens with zero attached hydrogens (tertiary/aromatic N) is 3. The van der Waals surface area contributed by atoms with Gasteiger partial charge in [-0.15, -0.1) is 24.0 Å². The van der Waals surface area contributed by atoms with Crippen LogP contribution in [-0.2, 0) is 4.74 Å². The van der Waals surface area contributed by atoms with Crippen molar-refractivity contribution in [2.24, 2.45) is 4.99 Å². The third-order valence-corrected chi connectivity index (χ3v) is 4.41. The molecule has 0 aromatic heterocycles. The minimum atomic E-state index is -0.221. The van der Waals surface area contributed by atoms with Crippen molar-refractivity contribution in [3.63, 3.8) is 0 Å². The monoisotopic (exact) mass is 425 g/mol. The first-order valence-electron chi connectivity index (χ1n) is 8.08. The predicted molar refractivity (Wildman–Crippen MR) is 102 cm³/mol. The second kappa shape index (κ2) is 9.24. The molecule has 2 bridgehead atoms. The Balaban J connectivity index is 0.00000242. The second-order valence-electron chi connectivity index (χ2n) is 6.53. The molecule has 0 aromatic rings. The maximum absolute atomic E-state index is 5.42. The average molecular weight is 425 g/mol. The molecule has 3 aliphatic rings. The van der Waals surface area contributed by atoms with Crippen molar-refractivity contribution < 1.29 is 4.74 Å². The van der Waals surface area contributed by atoms with Crippen molar-refractivity contribution in [1.29, 1.82) is 0 Å². The predicted octanol–water partition coefficient (Wildman–Crippen LogP) is 0.584. The zero-order valence-electron chi connectivity index (χ0n) is 14.4. The molecule has 2 N–H and O–H groups in total. The third kappa shape index (κ3) is 5.82. The Hall–Kier alpha value is -0.120. The smallest absolute Gasteiger partial charge is 0.191 e. The minimum absolute atomic E-state index is 0. The Kier molecular flexibility index (Phi) is 8.37. The maximum atomic E-state index is 5.42. The summed E-state index contributed by atoms with van der Waals surface area (Å²) in [6.45, 7) is 14.7. The Morgan fingerprint density at radius 1 is 1.23 bits per heavy atom. The molecule has 0 saturated carbocycles. The van der Waals surface area contributed by atoms with Gasteiger partial charge in [0.15, 0.2) is 5.96 Å². The fraction of sp³-hybridized carbons (Fsp3) is 0.933. The van der Waals surface area contributed by atoms with Crippen LogP contribution in [0.3, 0.4) is 0 Å². The Labute approximate surface area is 152 Å². The number of fused-ring (bicyclic) bond motifs is 3. The van der Waals surface area contributed by atoms with Gasteiger partial charge in [0.25, 0.3) is 0 Å². The van der Waals surface area contributed by atoms with Crippen LogP contribution in [0.25, 0.3) is 0 Å². The highest BCUT2D eigenvalue weighted by atomic mass is 127. The molecule has 3 saturated heterocycles. The van der Waals surface area contributed by atoms with E-state index in [1.807, 2.05) is 0 Å². The van der Waals surface area contributed by atoms with E-state index in [4.69, 9.17) is 4.74 Å². The molecule has 3 aliphatic heterocycles. The maximum Gasteiger partial charge on any atom is 0.191 e. The van der Waals surface area contributed by atoms with E-state index in [1.54, 1.807) is 7.11 Å². The van der Waals surface area contributed by atoms with Crippen LogP contribution in [0.4, 0.5) is 0 Å². The van der Waals surface area contributed by atoms with Crippen LogP contribution >= 0.6 is 24.0 Å². The summed E-state index contributed by atoms with van der Waals surface area (Å²) in [5.74, 6) is 0.889. The zero-order valence-corrected chi connectivity index (χ0v) is 16.7. The highest BCUT2D eigenvalue weighted by Gasteiger charge is 2.31. The fourth-order valence-corrected chi connectivity index (χ4v) is 2.81. The lowest BCUT2D eigenvalue weighted by molar-refractivity contribution is 0.0153. The summed E-state index contributed by atoms with van der Waals surface area (Å²) < 4.78 is 5.42. The van der Waals surface area contributed by atoms with Gasteiger partial charge in [0, 0.05) is 59.0 Å². The lowest BCUT2D eigenvalue weighted by Crippen LogP contribution is -2.63. The van der Waals surface area contributed by atoms with Gasteiger partial charge >= 0.3 is 0 Å². The molecule has 1 unspecified atom stereocenters. The van der Waals surface area contributed by atoms with Crippen LogP contribution in [0.15, 0.2) is 4.99 Å². The summed E-state index contributed by atoms with van der Waals surface area (Å²) in [5.41, 5.74) is -0.221. The molecule has 3 rings (SSSR count). The summed E-state index contributed by atoms with van der Waals surface area (Å²) in [7, 11) is 1.73. The van der Waals surface area contributed by atoms with Crippen LogP contribution in [0.2, 0.25) is 0 Å². The van der Waals surface area contributed by atoms with Crippen molar-refractivity contribution in [2.75, 3.05) is 59.5 Å². The summed E-state index contributed by atoms with van der Waals surface area (Å²) >= 11 is 0. The van der Waals surface area contributed by atoms with Gasteiger partial charge in [-0.05, 0) is 20.8 Å². The number of hydrogen-bond donors (Lipinski definition) is 2. The first-order valence-corrected chi connectivity index (χ1v) is 8.08. The van der Waals surface area contributed by atoms with E-state index in [0.717, 1.165) is 19.0 Å². The van der Waals surface area contributed by atoms with E-state index in [1.165, 1.54) is 32.7 Å². The first-order chi connectivity index (χ1) is 10.0. The van der Waals surface area contributed by atoms with Crippen molar-refractivity contribution in [3.8, 4) is 0 Å². The number of hydrogen-bond acceptors (Lipinski definition) is 4. The van der Waals surface area contributed by atoms with E-state index in [0.29, 0.717) is 12.6 Å². The summed E-state index contributed by atoms with van der Waals surface area (Å²) in [5, 5.41) is 6.80. The van der Waals surface area contributed by atoms with Crippen molar-refractivity contribution in [2.45, 2.75) is 32.4 Å². The van der Waals surface area contributed by atoms with Gasteiger partial charge in [0.05, 0.1) is 12.1 Å². The minimum Gasteiger partial charge on any atom is -0.377 e. The largest absolute Gasteiger partial charge is 0.377 e. The third-order valence-electron chi connectivity index (χ3n) is 4.41. The molecule has 1 atom stereocenters. The molecular weight excluding hydrogens is 393 g/mol. The van der Waals surface area contributed by atoms with E-state index in [2.05, 4.69) is 46.2 Å². The lowest BCUT2D eigenvalue weighted by Gasteiger charge is -2.47. The molecule has 6 nitrogen and oxygen atoms in total. The molecule has 3 fully saturated rings. The van der Waals surface area contributed by atoms with Gasteiger partial charge in [0.1, 0.15) is 0 Å². The summed E-state index contributed by atoms with van der Waals surface area (Å²) in [6, 6.07) is 0.604.